The van der Waals surface area contributed by atoms with Crippen LogP contribution < -0.4 is 0 Å². The lowest BCUT2D eigenvalue weighted by molar-refractivity contribution is 0.619. The van der Waals surface area contributed by atoms with Gasteiger partial charge in [0.05, 0.1) is 56.4 Å². The minimum Gasteiger partial charge on any atom is -0.436 e. The predicted octanol–water partition coefficient (Wildman–Crippen LogP) is 12.2. The molecule has 0 aliphatic rings. The highest BCUT2D eigenvalue weighted by Crippen LogP contribution is 2.44. The van der Waals surface area contributed by atoms with Crippen molar-refractivity contribution in [3.63, 3.8) is 0 Å². The number of pyridine rings is 1. The highest BCUT2D eigenvalue weighted by molar-refractivity contribution is 6.13. The van der Waals surface area contributed by atoms with Gasteiger partial charge >= 0.3 is 0 Å². The molecule has 0 spiro atoms. The van der Waals surface area contributed by atoms with Crippen molar-refractivity contribution in [3.8, 4) is 28.5 Å². The van der Waals surface area contributed by atoms with Gasteiger partial charge in [-0.25, -0.2) is 4.98 Å². The first kappa shape index (κ1) is 29.2. The van der Waals surface area contributed by atoms with E-state index >= 15 is 0 Å². The number of oxazole rings is 1. The number of para-hydroxylation sites is 6. The quantitative estimate of drug-likeness (QED) is 0.185. The van der Waals surface area contributed by atoms with Gasteiger partial charge in [0.15, 0.2) is 5.58 Å². The first-order valence-electron chi connectivity index (χ1n) is 18.2. The van der Waals surface area contributed by atoms with Crippen LogP contribution in [0.4, 0.5) is 0 Å². The molecule has 5 aromatic heterocycles. The number of hydrogen-bond donors (Lipinski definition) is 0. The van der Waals surface area contributed by atoms with Gasteiger partial charge in [-0.05, 0) is 48.5 Å². The first-order chi connectivity index (χ1) is 26.8. The predicted molar refractivity (Wildman–Crippen MR) is 220 cm³/mol. The van der Waals surface area contributed by atoms with Crippen LogP contribution in [0.15, 0.2) is 181 Å². The summed E-state index contributed by atoms with van der Waals surface area (Å²) in [6, 6.07) is 58.7. The van der Waals surface area contributed by atoms with E-state index in [1.54, 1.807) is 12.4 Å². The van der Waals surface area contributed by atoms with Gasteiger partial charge in [0.1, 0.15) is 5.52 Å². The largest absolute Gasteiger partial charge is 0.436 e. The van der Waals surface area contributed by atoms with Crippen molar-refractivity contribution in [3.05, 3.63) is 176 Å². The van der Waals surface area contributed by atoms with E-state index in [1.807, 2.05) is 6.07 Å². The minimum atomic E-state index is 0.538. The van der Waals surface area contributed by atoms with Crippen LogP contribution >= 0.6 is 0 Å². The van der Waals surface area contributed by atoms with Gasteiger partial charge in [-0.1, -0.05) is 109 Å². The van der Waals surface area contributed by atoms with Gasteiger partial charge in [0, 0.05) is 50.1 Å². The molecule has 0 aliphatic heterocycles. The molecule has 0 bridgehead atoms. The molecule has 54 heavy (non-hydrogen) atoms. The van der Waals surface area contributed by atoms with Gasteiger partial charge in [0.2, 0.25) is 5.89 Å². The third kappa shape index (κ3) is 3.99. The van der Waals surface area contributed by atoms with Crippen molar-refractivity contribution in [1.82, 2.24) is 23.7 Å². The number of aromatic nitrogens is 5. The van der Waals surface area contributed by atoms with Crippen LogP contribution in [0.2, 0.25) is 0 Å². The molecule has 0 aliphatic carbocycles. The number of hydrogen-bond acceptors (Lipinski definition) is 3. The molecule has 0 amide bonds. The molecule has 7 aromatic carbocycles. The molecule has 0 atom stereocenters. The van der Waals surface area contributed by atoms with Crippen LogP contribution in [0.3, 0.4) is 0 Å². The Labute approximate surface area is 308 Å². The summed E-state index contributed by atoms with van der Waals surface area (Å²) in [5.41, 5.74) is 12.1. The van der Waals surface area contributed by atoms with Gasteiger partial charge in [0.25, 0.3) is 0 Å². The van der Waals surface area contributed by atoms with Crippen LogP contribution in [0, 0.1) is 0 Å². The van der Waals surface area contributed by atoms with Crippen molar-refractivity contribution in [1.29, 1.82) is 0 Å². The fraction of sp³-hybridized carbons (Fsp3) is 0. The summed E-state index contributed by atoms with van der Waals surface area (Å²) in [6.07, 6.45) is 3.51. The molecule has 0 saturated carbocycles. The van der Waals surface area contributed by atoms with E-state index in [2.05, 4.69) is 176 Å². The zero-order valence-corrected chi connectivity index (χ0v) is 28.9. The molecule has 0 N–H and O–H groups in total. The van der Waals surface area contributed by atoms with Crippen LogP contribution in [-0.2, 0) is 0 Å². The van der Waals surface area contributed by atoms with Crippen molar-refractivity contribution in [2.24, 2.45) is 0 Å². The van der Waals surface area contributed by atoms with E-state index < -0.39 is 0 Å². The SMILES string of the molecule is c1ccc2c(c1)c1ccccc1n2-c1cc(-c2nc3cnccc3o2)cc(-n2c3ccccc3c3ccccc32)c1-n1c2ccccc2c2ccccc21. The van der Waals surface area contributed by atoms with Crippen LogP contribution in [-0.4, -0.2) is 23.7 Å². The second kappa shape index (κ2) is 11.0. The standard InChI is InChI=1S/C48H29N5O/c1-7-19-38-31(13-1)32-14-2-8-20-39(32)51(38)44-27-30(48-50-37-29-49-26-25-46(37)54-48)28-45(52-40-21-9-3-15-33(40)34-16-4-10-22-41(34)52)47(44)53-42-23-11-5-17-35(42)36-18-6-12-24-43(36)53/h1-29H. The Morgan fingerprint density at radius 1 is 0.407 bits per heavy atom. The van der Waals surface area contributed by atoms with Gasteiger partial charge in [-0.15, -0.1) is 0 Å². The average Bonchev–Trinajstić information content (AvgIpc) is 3.99. The molecular formula is C48H29N5O. The first-order valence-corrected chi connectivity index (χ1v) is 18.2. The molecule has 12 rings (SSSR count). The number of benzene rings is 7. The van der Waals surface area contributed by atoms with E-state index in [4.69, 9.17) is 9.40 Å². The normalized spacial score (nSPS) is 12.1. The molecule has 6 nitrogen and oxygen atoms in total. The zero-order valence-electron chi connectivity index (χ0n) is 28.9. The van der Waals surface area contributed by atoms with E-state index in [0.29, 0.717) is 11.5 Å². The average molecular weight is 692 g/mol. The molecule has 0 unspecified atom stereocenters. The fourth-order valence-electron chi connectivity index (χ4n) is 8.73. The Kier molecular flexibility index (Phi) is 5.96. The molecule has 0 saturated heterocycles. The summed E-state index contributed by atoms with van der Waals surface area (Å²) in [5, 5.41) is 7.17. The summed E-state index contributed by atoms with van der Waals surface area (Å²) in [4.78, 5) is 9.36. The van der Waals surface area contributed by atoms with E-state index in [-0.39, 0.29) is 0 Å². The number of nitrogens with zero attached hydrogens (tertiary/aromatic N) is 5. The maximum Gasteiger partial charge on any atom is 0.227 e. The Balaban J connectivity index is 1.36. The highest BCUT2D eigenvalue weighted by Gasteiger charge is 2.26. The topological polar surface area (TPSA) is 53.7 Å². The third-order valence-electron chi connectivity index (χ3n) is 11.0. The Hall–Kier alpha value is -7.44. The van der Waals surface area contributed by atoms with Gasteiger partial charge in [-0.3, -0.25) is 4.98 Å². The zero-order chi connectivity index (χ0) is 35.3. The van der Waals surface area contributed by atoms with Crippen molar-refractivity contribution < 1.29 is 4.42 Å². The summed E-state index contributed by atoms with van der Waals surface area (Å²) >= 11 is 0. The van der Waals surface area contributed by atoms with E-state index in [1.165, 1.54) is 32.3 Å². The van der Waals surface area contributed by atoms with Crippen molar-refractivity contribution >= 4 is 76.5 Å². The maximum atomic E-state index is 6.54. The molecule has 0 radical (unpaired) electrons. The van der Waals surface area contributed by atoms with E-state index in [0.717, 1.165) is 61.2 Å². The second-order valence-electron chi connectivity index (χ2n) is 13.8. The summed E-state index contributed by atoms with van der Waals surface area (Å²) in [5.74, 6) is 0.538. The minimum absolute atomic E-state index is 0.538. The molecule has 12 aromatic rings. The molecular weight excluding hydrogens is 663 g/mol. The van der Waals surface area contributed by atoms with Gasteiger partial charge < -0.3 is 18.1 Å². The Morgan fingerprint density at radius 2 is 0.778 bits per heavy atom. The molecule has 6 heteroatoms. The molecule has 0 fully saturated rings. The van der Waals surface area contributed by atoms with Crippen molar-refractivity contribution in [2.75, 3.05) is 0 Å². The van der Waals surface area contributed by atoms with E-state index in [9.17, 15) is 0 Å². The summed E-state index contributed by atoms with van der Waals surface area (Å²) in [7, 11) is 0. The number of fused-ring (bicyclic) bond motifs is 10. The summed E-state index contributed by atoms with van der Waals surface area (Å²) in [6.45, 7) is 0. The monoisotopic (exact) mass is 691 g/mol. The van der Waals surface area contributed by atoms with Crippen LogP contribution in [0.25, 0.3) is 105 Å². The third-order valence-corrected chi connectivity index (χ3v) is 11.0. The summed E-state index contributed by atoms with van der Waals surface area (Å²) < 4.78 is 13.9. The lowest BCUT2D eigenvalue weighted by atomic mass is 10.1. The van der Waals surface area contributed by atoms with Gasteiger partial charge in [-0.2, -0.15) is 0 Å². The fourth-order valence-corrected chi connectivity index (χ4v) is 8.73. The Morgan fingerprint density at radius 3 is 1.17 bits per heavy atom. The Bertz CT molecular complexity index is 3140. The molecule has 5 heterocycles. The second-order valence-corrected chi connectivity index (χ2v) is 13.8. The number of rotatable bonds is 4. The molecule has 252 valence electrons. The lowest BCUT2D eigenvalue weighted by Crippen LogP contribution is -2.10. The van der Waals surface area contributed by atoms with Crippen molar-refractivity contribution in [2.45, 2.75) is 0 Å². The lowest BCUT2D eigenvalue weighted by Gasteiger charge is -2.23. The smallest absolute Gasteiger partial charge is 0.227 e. The van der Waals surface area contributed by atoms with Crippen LogP contribution in [0.1, 0.15) is 0 Å². The maximum absolute atomic E-state index is 6.54. The van der Waals surface area contributed by atoms with Crippen LogP contribution in [0.5, 0.6) is 0 Å². The highest BCUT2D eigenvalue weighted by atomic mass is 16.3.